The Morgan fingerprint density at radius 3 is 2.47 bits per heavy atom. The maximum atomic E-state index is 11.9. The summed E-state index contributed by atoms with van der Waals surface area (Å²) in [5.41, 5.74) is 1.29. The van der Waals surface area contributed by atoms with Crippen molar-refractivity contribution in [2.24, 2.45) is 0 Å². The fourth-order valence-corrected chi connectivity index (χ4v) is 2.18. The fourth-order valence-electron chi connectivity index (χ4n) is 1.56. The van der Waals surface area contributed by atoms with Gasteiger partial charge in [0.2, 0.25) is 5.91 Å². The zero-order valence-electron chi connectivity index (χ0n) is 10.4. The van der Waals surface area contributed by atoms with E-state index in [1.165, 1.54) is 6.92 Å². The van der Waals surface area contributed by atoms with Gasteiger partial charge in [-0.1, -0.05) is 6.07 Å². The lowest BCUT2D eigenvalue weighted by Crippen LogP contribution is -2.05. The molecule has 0 spiro atoms. The lowest BCUT2D eigenvalue weighted by Gasteiger charge is -2.02. The van der Waals surface area contributed by atoms with E-state index in [1.807, 2.05) is 17.5 Å². The molecule has 0 fully saturated rings. The lowest BCUT2D eigenvalue weighted by atomic mass is 10.1. The molecule has 1 aromatic heterocycles. The van der Waals surface area contributed by atoms with E-state index in [-0.39, 0.29) is 11.7 Å². The highest BCUT2D eigenvalue weighted by Crippen LogP contribution is 2.13. The molecule has 0 unspecified atom stereocenters. The van der Waals surface area contributed by atoms with Crippen molar-refractivity contribution in [3.8, 4) is 0 Å². The summed E-state index contributed by atoms with van der Waals surface area (Å²) in [5.74, 6) is -0.181. The van der Waals surface area contributed by atoms with Crippen molar-refractivity contribution in [2.75, 3.05) is 5.32 Å². The highest BCUT2D eigenvalue weighted by Gasteiger charge is 2.02. The van der Waals surface area contributed by atoms with Crippen LogP contribution in [0.5, 0.6) is 0 Å². The van der Waals surface area contributed by atoms with Crippen molar-refractivity contribution in [1.29, 1.82) is 0 Å². The van der Waals surface area contributed by atoms with Crippen molar-refractivity contribution in [3.63, 3.8) is 0 Å². The fraction of sp³-hybridized carbons (Fsp3) is 0.0667. The first-order valence-corrected chi connectivity index (χ1v) is 6.67. The minimum atomic E-state index is -0.128. The number of allylic oxidation sites excluding steroid dienone is 1. The molecule has 0 radical (unpaired) electrons. The van der Waals surface area contributed by atoms with Crippen molar-refractivity contribution in [1.82, 2.24) is 0 Å². The molecular formula is C15H13NO2S. The Bertz CT molecular complexity index is 598. The number of ketones is 1. The van der Waals surface area contributed by atoms with Gasteiger partial charge in [-0.2, -0.15) is 0 Å². The maximum Gasteiger partial charge on any atom is 0.221 e. The van der Waals surface area contributed by atoms with Crippen molar-refractivity contribution in [3.05, 3.63) is 58.3 Å². The molecule has 4 heteroatoms. The summed E-state index contributed by atoms with van der Waals surface area (Å²) >= 11 is 1.58. The second-order valence-corrected chi connectivity index (χ2v) is 4.95. The van der Waals surface area contributed by atoms with Gasteiger partial charge in [0.25, 0.3) is 0 Å². The van der Waals surface area contributed by atoms with Gasteiger partial charge in [-0.3, -0.25) is 9.59 Å². The van der Waals surface area contributed by atoms with E-state index in [2.05, 4.69) is 5.32 Å². The summed E-state index contributed by atoms with van der Waals surface area (Å²) in [7, 11) is 0. The van der Waals surface area contributed by atoms with E-state index in [0.717, 1.165) is 4.88 Å². The van der Waals surface area contributed by atoms with Crippen LogP contribution in [0.3, 0.4) is 0 Å². The van der Waals surface area contributed by atoms with Crippen LogP contribution in [0.4, 0.5) is 5.69 Å². The van der Waals surface area contributed by atoms with Crippen molar-refractivity contribution < 1.29 is 9.59 Å². The van der Waals surface area contributed by atoms with Crippen LogP contribution in [-0.4, -0.2) is 11.7 Å². The second kappa shape index (κ2) is 6.11. The van der Waals surface area contributed by atoms with Crippen molar-refractivity contribution in [2.45, 2.75) is 6.92 Å². The number of nitrogens with one attached hydrogen (secondary N) is 1. The molecule has 2 aromatic rings. The van der Waals surface area contributed by atoms with Crippen LogP contribution in [0.15, 0.2) is 47.9 Å². The van der Waals surface area contributed by atoms with E-state index in [4.69, 9.17) is 0 Å². The molecular weight excluding hydrogens is 258 g/mol. The van der Waals surface area contributed by atoms with Crippen LogP contribution in [0.2, 0.25) is 0 Å². The third kappa shape index (κ3) is 3.89. The van der Waals surface area contributed by atoms with Gasteiger partial charge in [-0.25, -0.2) is 0 Å². The van der Waals surface area contributed by atoms with Gasteiger partial charge >= 0.3 is 0 Å². The molecule has 2 rings (SSSR count). The molecule has 0 aliphatic heterocycles. The van der Waals surface area contributed by atoms with E-state index < -0.39 is 0 Å². The Morgan fingerprint density at radius 1 is 1.16 bits per heavy atom. The van der Waals surface area contributed by atoms with Crippen LogP contribution >= 0.6 is 11.3 Å². The van der Waals surface area contributed by atoms with E-state index in [1.54, 1.807) is 47.8 Å². The number of rotatable bonds is 4. The Morgan fingerprint density at radius 2 is 1.89 bits per heavy atom. The van der Waals surface area contributed by atoms with Gasteiger partial charge in [-0.15, -0.1) is 11.3 Å². The number of carbonyl (C=O) groups excluding carboxylic acids is 2. The number of carbonyl (C=O) groups is 2. The van der Waals surface area contributed by atoms with Gasteiger partial charge in [0.1, 0.15) is 0 Å². The third-order valence-corrected chi connectivity index (χ3v) is 3.27. The second-order valence-electron chi connectivity index (χ2n) is 3.97. The first-order valence-electron chi connectivity index (χ1n) is 5.79. The molecule has 0 saturated carbocycles. The van der Waals surface area contributed by atoms with Crippen LogP contribution in [0.1, 0.15) is 22.2 Å². The summed E-state index contributed by atoms with van der Waals surface area (Å²) < 4.78 is 0. The first-order chi connectivity index (χ1) is 9.15. The Kier molecular flexibility index (Phi) is 4.26. The average Bonchev–Trinajstić information content (AvgIpc) is 2.89. The number of benzene rings is 1. The minimum Gasteiger partial charge on any atom is -0.326 e. The molecule has 0 saturated heterocycles. The normalized spacial score (nSPS) is 10.6. The van der Waals surface area contributed by atoms with Crippen molar-refractivity contribution >= 4 is 34.8 Å². The molecule has 1 aromatic carbocycles. The molecule has 1 heterocycles. The largest absolute Gasteiger partial charge is 0.326 e. The molecule has 0 atom stereocenters. The summed E-state index contributed by atoms with van der Waals surface area (Å²) in [4.78, 5) is 23.8. The zero-order valence-corrected chi connectivity index (χ0v) is 11.2. The third-order valence-electron chi connectivity index (χ3n) is 2.43. The van der Waals surface area contributed by atoms with Gasteiger partial charge < -0.3 is 5.32 Å². The van der Waals surface area contributed by atoms with Crippen LogP contribution in [0.25, 0.3) is 6.08 Å². The first kappa shape index (κ1) is 13.2. The Balaban J connectivity index is 2.05. The van der Waals surface area contributed by atoms with E-state index in [9.17, 15) is 9.59 Å². The summed E-state index contributed by atoms with van der Waals surface area (Å²) in [6, 6.07) is 10.7. The average molecular weight is 271 g/mol. The number of hydrogen-bond donors (Lipinski definition) is 1. The highest BCUT2D eigenvalue weighted by molar-refractivity contribution is 7.10. The standard InChI is InChI=1S/C15H13NO2S/c1-11(17)16-13-6-4-12(5-7-13)15(18)9-8-14-3-2-10-19-14/h2-10H,1H3,(H,16,17). The predicted octanol–water partition coefficient (Wildman–Crippen LogP) is 3.60. The minimum absolute atomic E-state index is 0.0530. The predicted molar refractivity (Wildman–Crippen MR) is 78.4 cm³/mol. The highest BCUT2D eigenvalue weighted by atomic mass is 32.1. The Hall–Kier alpha value is -2.20. The molecule has 0 aliphatic carbocycles. The number of amides is 1. The molecule has 0 aliphatic rings. The SMILES string of the molecule is CC(=O)Nc1ccc(C(=O)C=Cc2cccs2)cc1. The van der Waals surface area contributed by atoms with Gasteiger partial charge in [0.05, 0.1) is 0 Å². The number of thiophene rings is 1. The summed E-state index contributed by atoms with van der Waals surface area (Å²) in [6.07, 6.45) is 3.36. The van der Waals surface area contributed by atoms with Gasteiger partial charge in [-0.05, 0) is 47.9 Å². The van der Waals surface area contributed by atoms with E-state index >= 15 is 0 Å². The molecule has 19 heavy (non-hydrogen) atoms. The topological polar surface area (TPSA) is 46.2 Å². The Labute approximate surface area is 115 Å². The molecule has 1 amide bonds. The van der Waals surface area contributed by atoms with Crippen LogP contribution < -0.4 is 5.32 Å². The monoisotopic (exact) mass is 271 g/mol. The summed E-state index contributed by atoms with van der Waals surface area (Å²) in [6.45, 7) is 1.45. The molecule has 3 nitrogen and oxygen atoms in total. The zero-order chi connectivity index (χ0) is 13.7. The number of hydrogen-bond acceptors (Lipinski definition) is 3. The lowest BCUT2D eigenvalue weighted by molar-refractivity contribution is -0.114. The maximum absolute atomic E-state index is 11.9. The van der Waals surface area contributed by atoms with Crippen LogP contribution in [0, 0.1) is 0 Å². The van der Waals surface area contributed by atoms with Gasteiger partial charge in [0, 0.05) is 23.1 Å². The summed E-state index contributed by atoms with van der Waals surface area (Å²) in [5, 5.41) is 4.62. The molecule has 96 valence electrons. The quantitative estimate of drug-likeness (QED) is 0.682. The van der Waals surface area contributed by atoms with Gasteiger partial charge in [0.15, 0.2) is 5.78 Å². The van der Waals surface area contributed by atoms with Crippen LogP contribution in [-0.2, 0) is 4.79 Å². The molecule has 1 N–H and O–H groups in total. The smallest absolute Gasteiger partial charge is 0.221 e. The molecule has 0 bridgehead atoms. The number of anilines is 1. The van der Waals surface area contributed by atoms with E-state index in [0.29, 0.717) is 11.3 Å².